The van der Waals surface area contributed by atoms with Gasteiger partial charge in [0, 0.05) is 19.2 Å². The largest absolute Gasteiger partial charge is 0.378 e. The normalized spacial score (nSPS) is 15.2. The molecule has 1 aromatic rings. The summed E-state index contributed by atoms with van der Waals surface area (Å²) in [7, 11) is 0. The lowest BCUT2D eigenvalue weighted by molar-refractivity contribution is -0.387. The number of carbonyl (C=O) groups is 1. The number of nitrogens with zero attached hydrogens (tertiary/aromatic N) is 2. The fraction of sp³-hybridized carbons (Fsp3) is 0.364. The van der Waals surface area contributed by atoms with Crippen LogP contribution in [0.1, 0.15) is 10.4 Å². The van der Waals surface area contributed by atoms with Crippen LogP contribution < -0.4 is 0 Å². The summed E-state index contributed by atoms with van der Waals surface area (Å²) in [5.41, 5.74) is -2.14. The van der Waals surface area contributed by atoms with Crippen LogP contribution in [0.2, 0.25) is 0 Å². The molecule has 1 heterocycles. The molecule has 0 bridgehead atoms. The van der Waals surface area contributed by atoms with Crippen LogP contribution >= 0.6 is 0 Å². The maximum atomic E-state index is 13.6. The lowest BCUT2D eigenvalue weighted by Gasteiger charge is -2.26. The minimum Gasteiger partial charge on any atom is -0.378 e. The SMILES string of the molecule is O=C(c1cc([N+](=O)[O-])c(F)c(F)c1F)N1CCOCC1. The second kappa shape index (κ2) is 5.45. The topological polar surface area (TPSA) is 72.7 Å². The first-order chi connectivity index (χ1) is 9.43. The standard InChI is InChI=1S/C11H9F3N2O4/c12-8-6(11(17)15-1-3-20-4-2-15)5-7(16(18)19)9(13)10(8)14/h5H,1-4H2. The molecule has 20 heavy (non-hydrogen) atoms. The Kier molecular flexibility index (Phi) is 3.89. The predicted molar refractivity (Wildman–Crippen MR) is 59.7 cm³/mol. The molecule has 0 atom stereocenters. The zero-order valence-corrected chi connectivity index (χ0v) is 10.1. The van der Waals surface area contributed by atoms with Crippen LogP contribution in [0.15, 0.2) is 6.07 Å². The predicted octanol–water partition coefficient (Wildman–Crippen LogP) is 1.48. The Bertz CT molecular complexity index is 573. The zero-order valence-electron chi connectivity index (χ0n) is 10.1. The van der Waals surface area contributed by atoms with Gasteiger partial charge in [0.15, 0.2) is 5.82 Å². The molecule has 1 aromatic carbocycles. The van der Waals surface area contributed by atoms with Crippen molar-refractivity contribution >= 4 is 11.6 Å². The van der Waals surface area contributed by atoms with Gasteiger partial charge in [0.25, 0.3) is 5.91 Å². The van der Waals surface area contributed by atoms with E-state index in [0.29, 0.717) is 6.07 Å². The number of ether oxygens (including phenoxy) is 1. The van der Waals surface area contributed by atoms with Crippen LogP contribution in [0.5, 0.6) is 0 Å². The molecule has 0 aliphatic carbocycles. The molecule has 0 aromatic heterocycles. The van der Waals surface area contributed by atoms with E-state index in [1.165, 1.54) is 0 Å². The second-order valence-corrected chi connectivity index (χ2v) is 4.05. The highest BCUT2D eigenvalue weighted by Gasteiger charge is 2.30. The number of amides is 1. The van der Waals surface area contributed by atoms with Gasteiger partial charge in [0.2, 0.25) is 11.6 Å². The molecule has 108 valence electrons. The van der Waals surface area contributed by atoms with Gasteiger partial charge in [-0.2, -0.15) is 4.39 Å². The van der Waals surface area contributed by atoms with Gasteiger partial charge < -0.3 is 9.64 Å². The van der Waals surface area contributed by atoms with Crippen molar-refractivity contribution in [3.8, 4) is 0 Å². The van der Waals surface area contributed by atoms with Gasteiger partial charge in [-0.1, -0.05) is 0 Å². The van der Waals surface area contributed by atoms with Crippen molar-refractivity contribution in [2.45, 2.75) is 0 Å². The lowest BCUT2D eigenvalue weighted by atomic mass is 10.1. The summed E-state index contributed by atoms with van der Waals surface area (Å²) < 4.78 is 45.1. The van der Waals surface area contributed by atoms with Crippen molar-refractivity contribution in [3.63, 3.8) is 0 Å². The lowest BCUT2D eigenvalue weighted by Crippen LogP contribution is -2.41. The molecule has 2 rings (SSSR count). The fourth-order valence-electron chi connectivity index (χ4n) is 1.82. The Hall–Kier alpha value is -2.16. The number of hydrogen-bond acceptors (Lipinski definition) is 4. The fourth-order valence-corrected chi connectivity index (χ4v) is 1.82. The van der Waals surface area contributed by atoms with Gasteiger partial charge in [-0.05, 0) is 0 Å². The van der Waals surface area contributed by atoms with E-state index < -0.39 is 39.5 Å². The van der Waals surface area contributed by atoms with Crippen LogP contribution in [-0.2, 0) is 4.74 Å². The van der Waals surface area contributed by atoms with Gasteiger partial charge >= 0.3 is 5.69 Å². The Morgan fingerprint density at radius 1 is 1.20 bits per heavy atom. The van der Waals surface area contributed by atoms with Crippen LogP contribution in [0.3, 0.4) is 0 Å². The minimum absolute atomic E-state index is 0.144. The van der Waals surface area contributed by atoms with Crippen LogP contribution in [0.4, 0.5) is 18.9 Å². The zero-order chi connectivity index (χ0) is 14.9. The number of halogens is 3. The number of nitro groups is 1. The summed E-state index contributed by atoms with van der Waals surface area (Å²) >= 11 is 0. The van der Waals surface area contributed by atoms with Crippen LogP contribution in [0.25, 0.3) is 0 Å². The van der Waals surface area contributed by atoms with E-state index in [2.05, 4.69) is 0 Å². The van der Waals surface area contributed by atoms with Crippen LogP contribution in [0, 0.1) is 27.6 Å². The van der Waals surface area contributed by atoms with Crippen molar-refractivity contribution in [1.82, 2.24) is 4.90 Å². The molecule has 1 amide bonds. The first-order valence-corrected chi connectivity index (χ1v) is 5.62. The maximum absolute atomic E-state index is 13.6. The third-order valence-corrected chi connectivity index (χ3v) is 2.85. The summed E-state index contributed by atoms with van der Waals surface area (Å²) in [5.74, 6) is -6.63. The molecule has 0 N–H and O–H groups in total. The monoisotopic (exact) mass is 290 g/mol. The van der Waals surface area contributed by atoms with E-state index >= 15 is 0 Å². The summed E-state index contributed by atoms with van der Waals surface area (Å²) in [5, 5.41) is 10.6. The smallest absolute Gasteiger partial charge is 0.308 e. The third-order valence-electron chi connectivity index (χ3n) is 2.85. The van der Waals surface area contributed by atoms with E-state index in [9.17, 15) is 28.1 Å². The highest BCUT2D eigenvalue weighted by Crippen LogP contribution is 2.26. The van der Waals surface area contributed by atoms with Crippen molar-refractivity contribution < 1.29 is 27.6 Å². The molecule has 0 saturated carbocycles. The summed E-state index contributed by atoms with van der Waals surface area (Å²) in [4.78, 5) is 22.5. The molecule has 6 nitrogen and oxygen atoms in total. The number of benzene rings is 1. The van der Waals surface area contributed by atoms with E-state index in [0.717, 1.165) is 4.90 Å². The number of nitro benzene ring substituents is 1. The van der Waals surface area contributed by atoms with E-state index in [1.807, 2.05) is 0 Å². The van der Waals surface area contributed by atoms with Gasteiger partial charge in [0.1, 0.15) is 0 Å². The summed E-state index contributed by atoms with van der Waals surface area (Å²) in [6.07, 6.45) is 0. The van der Waals surface area contributed by atoms with Crippen molar-refractivity contribution in [2.75, 3.05) is 26.3 Å². The van der Waals surface area contributed by atoms with Crippen molar-refractivity contribution in [2.24, 2.45) is 0 Å². The number of hydrogen-bond donors (Lipinski definition) is 0. The molecule has 9 heteroatoms. The average Bonchev–Trinajstić information content (AvgIpc) is 2.45. The minimum atomic E-state index is -2.03. The highest BCUT2D eigenvalue weighted by molar-refractivity contribution is 5.95. The first kappa shape index (κ1) is 14.3. The Balaban J connectivity index is 2.45. The van der Waals surface area contributed by atoms with Gasteiger partial charge in [-0.15, -0.1) is 0 Å². The van der Waals surface area contributed by atoms with Gasteiger partial charge in [-0.3, -0.25) is 14.9 Å². The average molecular weight is 290 g/mol. The Morgan fingerprint density at radius 2 is 1.80 bits per heavy atom. The molecular weight excluding hydrogens is 281 g/mol. The maximum Gasteiger partial charge on any atom is 0.308 e. The summed E-state index contributed by atoms with van der Waals surface area (Å²) in [6, 6.07) is 0.408. The molecule has 0 unspecified atom stereocenters. The second-order valence-electron chi connectivity index (χ2n) is 4.05. The number of morpholine rings is 1. The van der Waals surface area contributed by atoms with E-state index in [4.69, 9.17) is 4.74 Å². The molecule has 0 spiro atoms. The summed E-state index contributed by atoms with van der Waals surface area (Å²) in [6.45, 7) is 0.731. The number of rotatable bonds is 2. The number of carbonyl (C=O) groups excluding carboxylic acids is 1. The van der Waals surface area contributed by atoms with E-state index in [-0.39, 0.29) is 26.3 Å². The van der Waals surface area contributed by atoms with Gasteiger partial charge in [0.05, 0.1) is 23.7 Å². The molecule has 1 aliphatic heterocycles. The molecule has 1 aliphatic rings. The molecule has 1 fully saturated rings. The van der Waals surface area contributed by atoms with Gasteiger partial charge in [-0.25, -0.2) is 8.78 Å². The van der Waals surface area contributed by atoms with Crippen molar-refractivity contribution in [3.05, 3.63) is 39.2 Å². The van der Waals surface area contributed by atoms with E-state index in [1.54, 1.807) is 0 Å². The quantitative estimate of drug-likeness (QED) is 0.470. The first-order valence-electron chi connectivity index (χ1n) is 5.62. The highest BCUT2D eigenvalue weighted by atomic mass is 19.2. The third kappa shape index (κ3) is 2.44. The Labute approximate surface area is 110 Å². The Morgan fingerprint density at radius 3 is 2.35 bits per heavy atom. The van der Waals surface area contributed by atoms with Crippen LogP contribution in [-0.4, -0.2) is 42.0 Å². The molecule has 1 saturated heterocycles. The molecule has 0 radical (unpaired) electrons. The molecular formula is C11H9F3N2O4. The van der Waals surface area contributed by atoms with Crippen molar-refractivity contribution in [1.29, 1.82) is 0 Å².